The fourth-order valence-electron chi connectivity index (χ4n) is 1.72. The minimum absolute atomic E-state index is 0.248. The quantitative estimate of drug-likeness (QED) is 0.597. The van der Waals surface area contributed by atoms with Crippen LogP contribution in [0.2, 0.25) is 0 Å². The molecule has 0 amide bonds. The van der Waals surface area contributed by atoms with Crippen molar-refractivity contribution in [1.29, 1.82) is 0 Å². The van der Waals surface area contributed by atoms with Crippen molar-refractivity contribution >= 4 is 11.8 Å². The zero-order valence-electron chi connectivity index (χ0n) is 14.3. The van der Waals surface area contributed by atoms with E-state index >= 15 is 0 Å². The lowest BCUT2D eigenvalue weighted by Gasteiger charge is -2.09. The van der Waals surface area contributed by atoms with Crippen LogP contribution in [0.15, 0.2) is 53.4 Å². The lowest BCUT2D eigenvalue weighted by molar-refractivity contribution is -0.391. The van der Waals surface area contributed by atoms with Crippen LogP contribution in [0, 0.1) is 13.8 Å². The first-order valence-corrected chi connectivity index (χ1v) is 8.66. The smallest absolute Gasteiger partial charge is 0.161 e. The second-order valence-corrected chi connectivity index (χ2v) is 5.61. The van der Waals surface area contributed by atoms with Crippen LogP contribution in [0.1, 0.15) is 49.8 Å². The molecule has 116 valence electrons. The van der Waals surface area contributed by atoms with E-state index in [1.807, 2.05) is 27.7 Å². The van der Waals surface area contributed by atoms with Gasteiger partial charge in [-0.3, -0.25) is 0 Å². The Hall–Kier alpha value is -1.25. The number of thioether (sulfide) groups is 1. The predicted octanol–water partition coefficient (Wildman–Crippen LogP) is 5.39. The second kappa shape index (κ2) is 11.4. The molecular formula is C19H30NS+. The van der Waals surface area contributed by atoms with Gasteiger partial charge in [-0.05, 0) is 32.0 Å². The van der Waals surface area contributed by atoms with E-state index in [1.165, 1.54) is 21.6 Å². The molecule has 2 aromatic carbocycles. The minimum atomic E-state index is 0.248. The van der Waals surface area contributed by atoms with Crippen molar-refractivity contribution < 1.29 is 5.73 Å². The molecule has 0 aliphatic rings. The zero-order valence-corrected chi connectivity index (χ0v) is 15.1. The molecule has 0 heterocycles. The Balaban J connectivity index is 0.000000921. The molecule has 1 nitrogen and oxygen atoms in total. The van der Waals surface area contributed by atoms with Crippen molar-refractivity contribution in [2.45, 2.75) is 51.8 Å². The van der Waals surface area contributed by atoms with Gasteiger partial charge in [-0.2, -0.15) is 0 Å². The standard InChI is InChI=1S/C15H17NS.2C2H6/c1-11-6-8-14(9-7-11)17-15(16)13-5-3-4-12(2)10-13;2*1-2/h3-10,15H,16H2,1-2H3;2*1-2H3/p+1. The van der Waals surface area contributed by atoms with Crippen LogP contribution in [0.3, 0.4) is 0 Å². The van der Waals surface area contributed by atoms with E-state index in [1.54, 1.807) is 11.8 Å². The van der Waals surface area contributed by atoms with Gasteiger partial charge in [-0.25, -0.2) is 0 Å². The SMILES string of the molecule is CC.CC.Cc1ccc(SC([NH3+])c2cccc(C)c2)cc1. The summed E-state index contributed by atoms with van der Waals surface area (Å²) in [5.74, 6) is 0. The molecule has 1 unspecified atom stereocenters. The second-order valence-electron chi connectivity index (χ2n) is 4.33. The molecule has 0 fully saturated rings. The maximum absolute atomic E-state index is 4.23. The van der Waals surface area contributed by atoms with Gasteiger partial charge in [-0.15, -0.1) is 0 Å². The molecule has 21 heavy (non-hydrogen) atoms. The zero-order chi connectivity index (χ0) is 16.3. The van der Waals surface area contributed by atoms with Crippen LogP contribution < -0.4 is 5.73 Å². The molecule has 2 heteroatoms. The van der Waals surface area contributed by atoms with Gasteiger partial charge in [0.2, 0.25) is 0 Å². The molecule has 0 radical (unpaired) electrons. The van der Waals surface area contributed by atoms with Crippen molar-refractivity contribution in [2.75, 3.05) is 0 Å². The molecule has 0 bridgehead atoms. The molecule has 0 aromatic heterocycles. The topological polar surface area (TPSA) is 27.6 Å². The third kappa shape index (κ3) is 7.35. The van der Waals surface area contributed by atoms with Crippen LogP contribution in [-0.4, -0.2) is 0 Å². The van der Waals surface area contributed by atoms with Gasteiger partial charge in [0.15, 0.2) is 5.37 Å². The summed E-state index contributed by atoms with van der Waals surface area (Å²) in [6.45, 7) is 12.2. The number of hydrogen-bond donors (Lipinski definition) is 1. The van der Waals surface area contributed by atoms with Gasteiger partial charge in [0.1, 0.15) is 0 Å². The Morgan fingerprint density at radius 3 is 1.90 bits per heavy atom. The van der Waals surface area contributed by atoms with E-state index in [0.717, 1.165) is 0 Å². The van der Waals surface area contributed by atoms with Crippen molar-refractivity contribution in [1.82, 2.24) is 0 Å². The molecule has 2 rings (SSSR count). The molecule has 0 saturated heterocycles. The summed E-state index contributed by atoms with van der Waals surface area (Å²) < 4.78 is 0. The van der Waals surface area contributed by atoms with E-state index < -0.39 is 0 Å². The van der Waals surface area contributed by atoms with E-state index in [4.69, 9.17) is 0 Å². The largest absolute Gasteiger partial charge is 0.342 e. The van der Waals surface area contributed by atoms with E-state index in [0.29, 0.717) is 0 Å². The molecule has 0 aliphatic heterocycles. The first kappa shape index (κ1) is 19.8. The van der Waals surface area contributed by atoms with Gasteiger partial charge < -0.3 is 5.73 Å². The molecule has 0 spiro atoms. The Labute approximate surface area is 135 Å². The normalized spacial score (nSPS) is 10.6. The summed E-state index contributed by atoms with van der Waals surface area (Å²) >= 11 is 1.80. The molecule has 0 aliphatic carbocycles. The summed E-state index contributed by atoms with van der Waals surface area (Å²) in [4.78, 5) is 1.28. The number of benzene rings is 2. The summed E-state index contributed by atoms with van der Waals surface area (Å²) in [5, 5.41) is 0.248. The van der Waals surface area contributed by atoms with Crippen LogP contribution in [0.5, 0.6) is 0 Å². The third-order valence-corrected chi connectivity index (χ3v) is 3.81. The average molecular weight is 305 g/mol. The number of rotatable bonds is 3. The van der Waals surface area contributed by atoms with E-state index in [-0.39, 0.29) is 5.37 Å². The lowest BCUT2D eigenvalue weighted by atomic mass is 10.1. The van der Waals surface area contributed by atoms with Crippen LogP contribution >= 0.6 is 11.8 Å². The number of quaternary nitrogens is 1. The minimum Gasteiger partial charge on any atom is -0.342 e. The van der Waals surface area contributed by atoms with E-state index in [9.17, 15) is 0 Å². The Morgan fingerprint density at radius 2 is 1.38 bits per heavy atom. The highest BCUT2D eigenvalue weighted by Gasteiger charge is 2.11. The summed E-state index contributed by atoms with van der Waals surface area (Å²) in [6, 6.07) is 17.2. The van der Waals surface area contributed by atoms with Gasteiger partial charge in [0.25, 0.3) is 0 Å². The van der Waals surface area contributed by atoms with Crippen LogP contribution in [0.25, 0.3) is 0 Å². The predicted molar refractivity (Wildman–Crippen MR) is 96.5 cm³/mol. The first-order valence-electron chi connectivity index (χ1n) is 7.78. The van der Waals surface area contributed by atoms with Gasteiger partial charge in [-0.1, -0.05) is 80.9 Å². The monoisotopic (exact) mass is 304 g/mol. The molecule has 2 aromatic rings. The van der Waals surface area contributed by atoms with Gasteiger partial charge in [0, 0.05) is 10.5 Å². The molecule has 3 N–H and O–H groups in total. The summed E-state index contributed by atoms with van der Waals surface area (Å²) in [6.07, 6.45) is 0. The average Bonchev–Trinajstić information content (AvgIpc) is 2.53. The van der Waals surface area contributed by atoms with Crippen molar-refractivity contribution in [3.05, 3.63) is 65.2 Å². The van der Waals surface area contributed by atoms with Gasteiger partial charge >= 0.3 is 0 Å². The highest BCUT2D eigenvalue weighted by Crippen LogP contribution is 2.29. The fraction of sp³-hybridized carbons (Fsp3) is 0.368. The third-order valence-electron chi connectivity index (χ3n) is 2.71. The fourth-order valence-corrected chi connectivity index (χ4v) is 2.62. The number of hydrogen-bond acceptors (Lipinski definition) is 1. The lowest BCUT2D eigenvalue weighted by Crippen LogP contribution is -2.51. The maximum Gasteiger partial charge on any atom is 0.161 e. The molecule has 0 saturated carbocycles. The Bertz CT molecular complexity index is 491. The molecule has 1 atom stereocenters. The van der Waals surface area contributed by atoms with Crippen molar-refractivity contribution in [2.24, 2.45) is 0 Å². The highest BCUT2D eigenvalue weighted by atomic mass is 32.2. The van der Waals surface area contributed by atoms with Gasteiger partial charge in [0.05, 0.1) is 0 Å². The molecular weight excluding hydrogens is 274 g/mol. The first-order chi connectivity index (χ1) is 10.1. The summed E-state index contributed by atoms with van der Waals surface area (Å²) in [7, 11) is 0. The van der Waals surface area contributed by atoms with E-state index in [2.05, 4.69) is 68.1 Å². The maximum atomic E-state index is 4.23. The van der Waals surface area contributed by atoms with Crippen molar-refractivity contribution in [3.63, 3.8) is 0 Å². The number of aryl methyl sites for hydroxylation is 2. The van der Waals surface area contributed by atoms with Crippen LogP contribution in [0.4, 0.5) is 0 Å². The summed E-state index contributed by atoms with van der Waals surface area (Å²) in [5.41, 5.74) is 8.11. The van der Waals surface area contributed by atoms with Crippen LogP contribution in [-0.2, 0) is 0 Å². The van der Waals surface area contributed by atoms with Crippen molar-refractivity contribution in [3.8, 4) is 0 Å². The highest BCUT2D eigenvalue weighted by molar-refractivity contribution is 7.99. The Kier molecular flexibility index (Phi) is 10.7. The Morgan fingerprint density at radius 1 is 0.810 bits per heavy atom.